The molecule has 0 fully saturated rings. The molecule has 2 aliphatic rings. The average Bonchev–Trinajstić information content (AvgIpc) is 3.15. The first-order valence-corrected chi connectivity index (χ1v) is 11.7. The number of ether oxygens (including phenoxy) is 3. The highest BCUT2D eigenvalue weighted by atomic mass is 35.5. The molecule has 0 aliphatic carbocycles. The molecule has 0 spiro atoms. The summed E-state index contributed by atoms with van der Waals surface area (Å²) in [6, 6.07) is 15.0. The molecule has 0 radical (unpaired) electrons. The van der Waals surface area contributed by atoms with Crippen molar-refractivity contribution < 1.29 is 19.0 Å². The number of benzene rings is 3. The van der Waals surface area contributed by atoms with Crippen molar-refractivity contribution in [3.8, 4) is 17.2 Å². The topological polar surface area (TPSA) is 48.0 Å². The number of rotatable bonds is 5. The summed E-state index contributed by atoms with van der Waals surface area (Å²) < 4.78 is 17.5. The van der Waals surface area contributed by atoms with Gasteiger partial charge in [0.25, 0.3) is 0 Å². The van der Waals surface area contributed by atoms with E-state index in [1.54, 1.807) is 31.4 Å². The van der Waals surface area contributed by atoms with Crippen LogP contribution in [0.25, 0.3) is 6.08 Å². The average molecular weight is 496 g/mol. The van der Waals surface area contributed by atoms with Crippen molar-refractivity contribution in [2.45, 2.75) is 19.9 Å². The summed E-state index contributed by atoms with van der Waals surface area (Å²) in [6.45, 7) is 3.89. The zero-order chi connectivity index (χ0) is 23.8. The molecule has 2 heterocycles. The molecule has 34 heavy (non-hydrogen) atoms. The second kappa shape index (κ2) is 9.34. The van der Waals surface area contributed by atoms with Crippen LogP contribution in [0.1, 0.15) is 32.6 Å². The van der Waals surface area contributed by atoms with Gasteiger partial charge in [0.05, 0.1) is 12.7 Å². The number of Topliss-reactive ketones (excluding diaryl/α,β-unsaturated/α-hetero) is 1. The molecule has 0 bridgehead atoms. The van der Waals surface area contributed by atoms with Gasteiger partial charge in [0, 0.05) is 34.3 Å². The molecule has 0 amide bonds. The van der Waals surface area contributed by atoms with Crippen LogP contribution >= 0.6 is 23.2 Å². The number of para-hydroxylation sites is 1. The molecule has 2 aliphatic heterocycles. The highest BCUT2D eigenvalue weighted by molar-refractivity contribution is 6.35. The van der Waals surface area contributed by atoms with Crippen molar-refractivity contribution in [3.63, 3.8) is 0 Å². The largest absolute Gasteiger partial charge is 0.496 e. The maximum Gasteiger partial charge on any atom is 0.231 e. The van der Waals surface area contributed by atoms with Gasteiger partial charge in [-0.2, -0.15) is 0 Å². The quantitative estimate of drug-likeness (QED) is 0.387. The fourth-order valence-electron chi connectivity index (χ4n) is 4.39. The van der Waals surface area contributed by atoms with E-state index in [0.29, 0.717) is 40.2 Å². The van der Waals surface area contributed by atoms with Gasteiger partial charge in [-0.15, -0.1) is 0 Å². The molecular formula is C27H23Cl2NO4. The molecule has 7 heteroatoms. The Balaban J connectivity index is 1.37. The Labute approximate surface area is 208 Å². The Morgan fingerprint density at radius 2 is 1.94 bits per heavy atom. The smallest absolute Gasteiger partial charge is 0.231 e. The van der Waals surface area contributed by atoms with Gasteiger partial charge in [0.2, 0.25) is 5.78 Å². The minimum Gasteiger partial charge on any atom is -0.496 e. The molecule has 3 aromatic rings. The molecule has 0 unspecified atom stereocenters. The number of hydrogen-bond acceptors (Lipinski definition) is 5. The molecule has 0 N–H and O–H groups in total. The number of hydrogen-bond donors (Lipinski definition) is 0. The lowest BCUT2D eigenvalue weighted by atomic mass is 9.99. The van der Waals surface area contributed by atoms with Gasteiger partial charge in [-0.25, -0.2) is 0 Å². The number of carbonyl (C=O) groups excluding carboxylic acids is 1. The van der Waals surface area contributed by atoms with Gasteiger partial charge in [-0.1, -0.05) is 47.5 Å². The SMILES string of the molecule is COc1ccccc1CCN1COc2c(cc3c(c2C)O/C(=C\c2ccc(Cl)cc2Cl)C3=O)C1. The molecule has 5 rings (SSSR count). The third-order valence-corrected chi connectivity index (χ3v) is 6.70. The standard InChI is InChI=1S/C27H23Cl2NO4/c1-16-26-19(14-30(15-33-26)10-9-17-5-3-4-6-23(17)32-2)11-21-25(31)24(34-27(16)21)12-18-7-8-20(28)13-22(18)29/h3-8,11-13H,9-10,14-15H2,1-2H3/b24-12-. The summed E-state index contributed by atoms with van der Waals surface area (Å²) in [5.74, 6) is 2.28. The summed E-state index contributed by atoms with van der Waals surface area (Å²) in [5, 5.41) is 0.988. The predicted molar refractivity (Wildman–Crippen MR) is 133 cm³/mol. The lowest BCUT2D eigenvalue weighted by Crippen LogP contribution is -2.34. The number of allylic oxidation sites excluding steroid dienone is 1. The number of nitrogens with zero attached hydrogens (tertiary/aromatic N) is 1. The monoisotopic (exact) mass is 495 g/mol. The number of carbonyl (C=O) groups is 1. The second-order valence-electron chi connectivity index (χ2n) is 8.36. The van der Waals surface area contributed by atoms with Crippen LogP contribution in [0, 0.1) is 6.92 Å². The summed E-state index contributed by atoms with van der Waals surface area (Å²) in [6.07, 6.45) is 2.49. The van der Waals surface area contributed by atoms with Gasteiger partial charge in [-0.3, -0.25) is 9.69 Å². The van der Waals surface area contributed by atoms with Crippen LogP contribution in [0.2, 0.25) is 10.0 Å². The summed E-state index contributed by atoms with van der Waals surface area (Å²) >= 11 is 12.3. The second-order valence-corrected chi connectivity index (χ2v) is 9.20. The van der Waals surface area contributed by atoms with Crippen LogP contribution in [0.5, 0.6) is 17.2 Å². The number of ketones is 1. The Bertz CT molecular complexity index is 1320. The first-order valence-electron chi connectivity index (χ1n) is 11.0. The minimum absolute atomic E-state index is 0.168. The van der Waals surface area contributed by atoms with Gasteiger partial charge >= 0.3 is 0 Å². The van der Waals surface area contributed by atoms with Crippen molar-refractivity contribution in [3.05, 3.63) is 92.2 Å². The van der Waals surface area contributed by atoms with Crippen molar-refractivity contribution >= 4 is 35.1 Å². The lowest BCUT2D eigenvalue weighted by Gasteiger charge is -2.30. The molecule has 0 saturated carbocycles. The van der Waals surface area contributed by atoms with Crippen molar-refractivity contribution in [1.82, 2.24) is 4.90 Å². The van der Waals surface area contributed by atoms with Gasteiger partial charge in [0.1, 0.15) is 24.0 Å². The Morgan fingerprint density at radius 3 is 2.74 bits per heavy atom. The fourth-order valence-corrected chi connectivity index (χ4v) is 4.85. The van der Waals surface area contributed by atoms with E-state index in [0.717, 1.165) is 41.2 Å². The van der Waals surface area contributed by atoms with E-state index in [1.165, 1.54) is 0 Å². The van der Waals surface area contributed by atoms with Crippen LogP contribution < -0.4 is 14.2 Å². The van der Waals surface area contributed by atoms with Crippen LogP contribution in [0.3, 0.4) is 0 Å². The molecule has 5 nitrogen and oxygen atoms in total. The van der Waals surface area contributed by atoms with Crippen LogP contribution in [0.15, 0.2) is 54.3 Å². The predicted octanol–water partition coefficient (Wildman–Crippen LogP) is 6.32. The third-order valence-electron chi connectivity index (χ3n) is 6.14. The normalized spacial score (nSPS) is 16.1. The Kier molecular flexibility index (Phi) is 6.26. The molecule has 174 valence electrons. The fraction of sp³-hybridized carbons (Fsp3) is 0.222. The number of methoxy groups -OCH3 is 1. The van der Waals surface area contributed by atoms with Crippen LogP contribution in [-0.4, -0.2) is 31.1 Å². The van der Waals surface area contributed by atoms with Crippen molar-refractivity contribution in [2.24, 2.45) is 0 Å². The molecule has 0 aromatic heterocycles. The van der Waals surface area contributed by atoms with E-state index in [2.05, 4.69) is 11.0 Å². The summed E-state index contributed by atoms with van der Waals surface area (Å²) in [7, 11) is 1.69. The zero-order valence-electron chi connectivity index (χ0n) is 18.9. The van der Waals surface area contributed by atoms with Gasteiger partial charge in [0.15, 0.2) is 5.76 Å². The van der Waals surface area contributed by atoms with Crippen LogP contribution in [0.4, 0.5) is 0 Å². The third kappa shape index (κ3) is 4.27. The minimum atomic E-state index is -0.168. The van der Waals surface area contributed by atoms with Crippen molar-refractivity contribution in [1.29, 1.82) is 0 Å². The Hall–Kier alpha value is -2.99. The number of fused-ring (bicyclic) bond motifs is 2. The van der Waals surface area contributed by atoms with Crippen molar-refractivity contribution in [2.75, 3.05) is 20.4 Å². The van der Waals surface area contributed by atoms with E-state index in [4.69, 9.17) is 37.4 Å². The van der Waals surface area contributed by atoms with Gasteiger partial charge in [-0.05, 0) is 54.8 Å². The zero-order valence-corrected chi connectivity index (χ0v) is 20.4. The van der Waals surface area contributed by atoms with E-state index in [9.17, 15) is 4.79 Å². The molecular weight excluding hydrogens is 473 g/mol. The summed E-state index contributed by atoms with van der Waals surface area (Å²) in [4.78, 5) is 15.4. The molecule has 0 atom stereocenters. The van der Waals surface area contributed by atoms with Crippen LogP contribution in [-0.2, 0) is 13.0 Å². The summed E-state index contributed by atoms with van der Waals surface area (Å²) in [5.41, 5.74) is 4.17. The Morgan fingerprint density at radius 1 is 1.12 bits per heavy atom. The highest BCUT2D eigenvalue weighted by Crippen LogP contribution is 2.43. The van der Waals surface area contributed by atoms with Gasteiger partial charge < -0.3 is 14.2 Å². The molecule has 0 saturated heterocycles. The van der Waals surface area contributed by atoms with E-state index >= 15 is 0 Å². The van der Waals surface area contributed by atoms with E-state index in [-0.39, 0.29) is 11.5 Å². The lowest BCUT2D eigenvalue weighted by molar-refractivity contribution is 0.0952. The highest BCUT2D eigenvalue weighted by Gasteiger charge is 2.33. The first-order chi connectivity index (χ1) is 16.4. The maximum atomic E-state index is 13.1. The number of halogens is 2. The first kappa shape index (κ1) is 22.8. The van der Waals surface area contributed by atoms with E-state index < -0.39 is 0 Å². The van der Waals surface area contributed by atoms with E-state index in [1.807, 2.05) is 31.2 Å². The molecule has 3 aromatic carbocycles. The maximum absolute atomic E-state index is 13.1.